The van der Waals surface area contributed by atoms with Crippen LogP contribution in [-0.2, 0) is 0 Å². The molecule has 0 saturated carbocycles. The second-order valence-electron chi connectivity index (χ2n) is 3.52. The van der Waals surface area contributed by atoms with E-state index in [9.17, 15) is 15.0 Å². The second-order valence-corrected chi connectivity index (χ2v) is 3.96. The molecule has 0 bridgehead atoms. The molecular formula is C13H9ClO4. The van der Waals surface area contributed by atoms with Crippen molar-refractivity contribution in [3.63, 3.8) is 0 Å². The topological polar surface area (TPSA) is 66.8 Å². The van der Waals surface area contributed by atoms with E-state index in [1.54, 1.807) is 12.1 Å². The van der Waals surface area contributed by atoms with Gasteiger partial charge in [0.1, 0.15) is 0 Å². The molecule has 2 N–H and O–H groups in total. The molecule has 0 radical (unpaired) electrons. The lowest BCUT2D eigenvalue weighted by Gasteiger charge is -2.07. The van der Waals surface area contributed by atoms with Crippen LogP contribution in [0.4, 0.5) is 0 Å². The maximum absolute atomic E-state index is 11.7. The van der Waals surface area contributed by atoms with Gasteiger partial charge >= 0.3 is 5.97 Å². The predicted molar refractivity (Wildman–Crippen MR) is 66.2 cm³/mol. The normalized spacial score (nSPS) is 10.1. The molecule has 0 aliphatic heterocycles. The number of carbonyl (C=O) groups excluding carboxylic acids is 1. The summed E-state index contributed by atoms with van der Waals surface area (Å²) in [6.45, 7) is 0. The summed E-state index contributed by atoms with van der Waals surface area (Å²) < 4.78 is 4.92. The van der Waals surface area contributed by atoms with Gasteiger partial charge in [-0.3, -0.25) is 0 Å². The van der Waals surface area contributed by atoms with E-state index in [0.717, 1.165) is 0 Å². The van der Waals surface area contributed by atoms with Crippen LogP contribution in [0.1, 0.15) is 10.4 Å². The van der Waals surface area contributed by atoms with Crippen LogP contribution < -0.4 is 4.74 Å². The van der Waals surface area contributed by atoms with E-state index >= 15 is 0 Å². The molecule has 0 aromatic heterocycles. The Morgan fingerprint density at radius 1 is 1.00 bits per heavy atom. The highest BCUT2D eigenvalue weighted by Crippen LogP contribution is 2.35. The molecule has 0 saturated heterocycles. The highest BCUT2D eigenvalue weighted by Gasteiger charge is 2.14. The molecule has 0 spiro atoms. The van der Waals surface area contributed by atoms with Crippen molar-refractivity contribution in [1.82, 2.24) is 0 Å². The maximum atomic E-state index is 11.7. The van der Waals surface area contributed by atoms with Gasteiger partial charge in [0.2, 0.25) is 5.75 Å². The van der Waals surface area contributed by atoms with Gasteiger partial charge in [0.05, 0.1) is 5.56 Å². The Labute approximate surface area is 108 Å². The predicted octanol–water partition coefficient (Wildman–Crippen LogP) is 2.97. The minimum atomic E-state index is -0.691. The van der Waals surface area contributed by atoms with Crippen molar-refractivity contribution in [3.05, 3.63) is 53.1 Å². The molecular weight excluding hydrogens is 256 g/mol. The average molecular weight is 265 g/mol. The Kier molecular flexibility index (Phi) is 3.39. The quantitative estimate of drug-likeness (QED) is 0.646. The number of rotatable bonds is 2. The molecule has 2 rings (SSSR count). The number of phenols is 2. The lowest BCUT2D eigenvalue weighted by Crippen LogP contribution is -2.08. The van der Waals surface area contributed by atoms with Crippen molar-refractivity contribution < 1.29 is 19.7 Å². The van der Waals surface area contributed by atoms with Crippen LogP contribution >= 0.6 is 11.6 Å². The smallest absolute Gasteiger partial charge is 0.343 e. The number of hydrogen-bond donors (Lipinski definition) is 2. The molecule has 92 valence electrons. The first-order valence-corrected chi connectivity index (χ1v) is 5.44. The Morgan fingerprint density at radius 3 is 2.11 bits per heavy atom. The van der Waals surface area contributed by atoms with E-state index < -0.39 is 5.97 Å². The number of ether oxygens (including phenoxy) is 1. The first kappa shape index (κ1) is 12.3. The number of phenolic OH excluding ortho intramolecular Hbond substituents is 2. The molecule has 18 heavy (non-hydrogen) atoms. The molecule has 2 aromatic carbocycles. The number of esters is 1. The highest BCUT2D eigenvalue weighted by atomic mass is 35.5. The van der Waals surface area contributed by atoms with Crippen molar-refractivity contribution in [2.24, 2.45) is 0 Å². The molecule has 0 atom stereocenters. The van der Waals surface area contributed by atoms with Crippen molar-refractivity contribution in [2.45, 2.75) is 0 Å². The average Bonchev–Trinajstić information content (AvgIpc) is 2.34. The Balaban J connectivity index is 2.24. The lowest BCUT2D eigenvalue weighted by atomic mass is 10.2. The monoisotopic (exact) mass is 264 g/mol. The van der Waals surface area contributed by atoms with E-state index in [2.05, 4.69) is 0 Å². The summed E-state index contributed by atoms with van der Waals surface area (Å²) in [4.78, 5) is 11.7. The third-order valence-corrected chi connectivity index (χ3v) is 2.50. The van der Waals surface area contributed by atoms with Crippen LogP contribution in [0.2, 0.25) is 5.02 Å². The molecule has 5 heteroatoms. The van der Waals surface area contributed by atoms with Crippen molar-refractivity contribution in [1.29, 1.82) is 0 Å². The molecule has 0 unspecified atom stereocenters. The van der Waals surface area contributed by atoms with Gasteiger partial charge in [0, 0.05) is 5.02 Å². The van der Waals surface area contributed by atoms with Crippen molar-refractivity contribution in [2.75, 3.05) is 0 Å². The van der Waals surface area contributed by atoms with E-state index in [1.165, 1.54) is 30.3 Å². The van der Waals surface area contributed by atoms with Gasteiger partial charge < -0.3 is 14.9 Å². The number of aromatic hydroxyl groups is 2. The lowest BCUT2D eigenvalue weighted by molar-refractivity contribution is 0.0724. The van der Waals surface area contributed by atoms with E-state index in [-0.39, 0.29) is 22.8 Å². The van der Waals surface area contributed by atoms with Gasteiger partial charge in [0.15, 0.2) is 11.5 Å². The summed E-state index contributed by atoms with van der Waals surface area (Å²) in [6.07, 6.45) is 0. The fourth-order valence-corrected chi connectivity index (χ4v) is 1.48. The fourth-order valence-electron chi connectivity index (χ4n) is 1.36. The molecule has 0 aliphatic carbocycles. The number of carbonyl (C=O) groups is 1. The summed E-state index contributed by atoms with van der Waals surface area (Å²) in [5.74, 6) is -1.57. The summed E-state index contributed by atoms with van der Waals surface area (Å²) >= 11 is 5.69. The molecule has 0 amide bonds. The first-order valence-electron chi connectivity index (χ1n) is 5.06. The minimum Gasteiger partial charge on any atom is -0.504 e. The fraction of sp³-hybridized carbons (Fsp3) is 0. The van der Waals surface area contributed by atoms with Crippen LogP contribution in [0.15, 0.2) is 42.5 Å². The van der Waals surface area contributed by atoms with Crippen LogP contribution in [-0.4, -0.2) is 16.2 Å². The van der Waals surface area contributed by atoms with Gasteiger partial charge in [-0.05, 0) is 36.4 Å². The molecule has 0 aliphatic rings. The zero-order valence-electron chi connectivity index (χ0n) is 9.13. The first-order chi connectivity index (χ1) is 8.58. The third kappa shape index (κ3) is 2.55. The zero-order valence-corrected chi connectivity index (χ0v) is 9.89. The van der Waals surface area contributed by atoms with E-state index in [4.69, 9.17) is 16.3 Å². The Hall–Kier alpha value is -2.20. The number of hydrogen-bond acceptors (Lipinski definition) is 4. The maximum Gasteiger partial charge on any atom is 0.343 e. The second kappa shape index (κ2) is 4.98. The summed E-state index contributed by atoms with van der Waals surface area (Å²) in [5.41, 5.74) is 0.266. The number of benzene rings is 2. The van der Waals surface area contributed by atoms with E-state index in [1.807, 2.05) is 0 Å². The van der Waals surface area contributed by atoms with Crippen LogP contribution in [0.3, 0.4) is 0 Å². The summed E-state index contributed by atoms with van der Waals surface area (Å²) in [5, 5.41) is 19.4. The van der Waals surface area contributed by atoms with Gasteiger partial charge in [-0.1, -0.05) is 17.7 Å². The minimum absolute atomic E-state index is 0.266. The standard InChI is InChI=1S/C13H9ClO4/c14-9-6-4-8(5-7-9)13(17)18-12-10(15)2-1-3-11(12)16/h1-7,15-16H. The van der Waals surface area contributed by atoms with Gasteiger partial charge in [-0.25, -0.2) is 4.79 Å². The molecule has 0 heterocycles. The molecule has 0 fully saturated rings. The number of halogens is 1. The van der Waals surface area contributed by atoms with Crippen molar-refractivity contribution >= 4 is 17.6 Å². The zero-order chi connectivity index (χ0) is 13.1. The molecule has 4 nitrogen and oxygen atoms in total. The van der Waals surface area contributed by atoms with Crippen molar-refractivity contribution in [3.8, 4) is 17.2 Å². The number of para-hydroxylation sites is 1. The van der Waals surface area contributed by atoms with Gasteiger partial charge in [-0.15, -0.1) is 0 Å². The van der Waals surface area contributed by atoms with E-state index in [0.29, 0.717) is 5.02 Å². The molecule has 2 aromatic rings. The van der Waals surface area contributed by atoms with Crippen LogP contribution in [0.25, 0.3) is 0 Å². The van der Waals surface area contributed by atoms with Crippen LogP contribution in [0, 0.1) is 0 Å². The Morgan fingerprint density at radius 2 is 1.56 bits per heavy atom. The highest BCUT2D eigenvalue weighted by molar-refractivity contribution is 6.30. The van der Waals surface area contributed by atoms with Crippen LogP contribution in [0.5, 0.6) is 17.2 Å². The Bertz CT molecular complexity index is 558. The summed E-state index contributed by atoms with van der Waals surface area (Å²) in [7, 11) is 0. The SMILES string of the molecule is O=C(Oc1c(O)cccc1O)c1ccc(Cl)cc1. The summed E-state index contributed by atoms with van der Waals surface area (Å²) in [6, 6.07) is 10.1. The van der Waals surface area contributed by atoms with Gasteiger partial charge in [-0.2, -0.15) is 0 Å². The third-order valence-electron chi connectivity index (χ3n) is 2.25. The van der Waals surface area contributed by atoms with Gasteiger partial charge in [0.25, 0.3) is 0 Å². The largest absolute Gasteiger partial charge is 0.504 e.